The summed E-state index contributed by atoms with van der Waals surface area (Å²) in [5.41, 5.74) is 0. The maximum Gasteiger partial charge on any atom is 0.0962 e. The summed E-state index contributed by atoms with van der Waals surface area (Å²) in [7, 11) is 0. The van der Waals surface area contributed by atoms with Crippen LogP contribution >= 0.6 is 0 Å². The Morgan fingerprint density at radius 2 is 1.85 bits per heavy atom. The highest BCUT2D eigenvalue weighted by atomic mass is 15.0. The van der Waals surface area contributed by atoms with Gasteiger partial charge in [-0.25, -0.2) is 0 Å². The van der Waals surface area contributed by atoms with Gasteiger partial charge in [0.1, 0.15) is 0 Å². The van der Waals surface area contributed by atoms with E-state index in [9.17, 15) is 0 Å². The molecule has 0 unspecified atom stereocenters. The summed E-state index contributed by atoms with van der Waals surface area (Å²) in [5.74, 6) is 1.21. The molecule has 0 heterocycles. The van der Waals surface area contributed by atoms with Gasteiger partial charge in [0.15, 0.2) is 0 Å². The third kappa shape index (κ3) is 7.82. The molecule has 0 radical (unpaired) electrons. The number of rotatable bonds is 7. The Kier molecular flexibility index (Phi) is 9.17. The van der Waals surface area contributed by atoms with Gasteiger partial charge in [0, 0.05) is 19.5 Å². The Balaban J connectivity index is 3.65. The second kappa shape index (κ2) is 9.56. The molecule has 0 amide bonds. The highest BCUT2D eigenvalue weighted by Crippen LogP contribution is 1.92. The van der Waals surface area contributed by atoms with Crippen molar-refractivity contribution in [2.45, 2.75) is 52.9 Å². The van der Waals surface area contributed by atoms with E-state index in [4.69, 9.17) is 0 Å². The minimum atomic E-state index is 0.967. The lowest BCUT2D eigenvalue weighted by atomic mass is 10.3. The van der Waals surface area contributed by atoms with Crippen LogP contribution in [0.1, 0.15) is 52.9 Å². The second-order valence-electron chi connectivity index (χ2n) is 3.36. The van der Waals surface area contributed by atoms with E-state index in [1.54, 1.807) is 0 Å². The normalized spacial score (nSPS) is 11.8. The first-order chi connectivity index (χ1) is 6.35. The van der Waals surface area contributed by atoms with Gasteiger partial charge in [-0.2, -0.15) is 0 Å². The van der Waals surface area contributed by atoms with Gasteiger partial charge in [0.05, 0.1) is 5.84 Å². The topological polar surface area (TPSA) is 24.4 Å². The molecule has 0 aromatic carbocycles. The lowest BCUT2D eigenvalue weighted by Crippen LogP contribution is -2.24. The van der Waals surface area contributed by atoms with Gasteiger partial charge in [-0.1, -0.05) is 27.2 Å². The van der Waals surface area contributed by atoms with Crippen LogP contribution in [0.5, 0.6) is 0 Å². The van der Waals surface area contributed by atoms with Crippen LogP contribution < -0.4 is 5.32 Å². The van der Waals surface area contributed by atoms with E-state index in [2.05, 4.69) is 31.1 Å². The number of hydrogen-bond acceptors (Lipinski definition) is 1. The zero-order chi connectivity index (χ0) is 9.94. The molecule has 0 aromatic rings. The monoisotopic (exact) mass is 184 g/mol. The van der Waals surface area contributed by atoms with Gasteiger partial charge in [-0.05, 0) is 19.3 Å². The quantitative estimate of drug-likeness (QED) is 0.367. The molecule has 0 saturated carbocycles. The van der Waals surface area contributed by atoms with Crippen molar-refractivity contribution >= 4 is 5.84 Å². The van der Waals surface area contributed by atoms with E-state index in [0.29, 0.717) is 0 Å². The van der Waals surface area contributed by atoms with Crippen LogP contribution in [0.25, 0.3) is 0 Å². The average Bonchev–Trinajstić information content (AvgIpc) is 2.14. The number of hydrogen-bond donors (Lipinski definition) is 1. The van der Waals surface area contributed by atoms with Crippen LogP contribution in [-0.4, -0.2) is 18.9 Å². The molecule has 78 valence electrons. The van der Waals surface area contributed by atoms with Gasteiger partial charge in [-0.3, -0.25) is 4.99 Å². The molecule has 0 saturated heterocycles. The Bertz CT molecular complexity index is 130. The lowest BCUT2D eigenvalue weighted by Gasteiger charge is -2.08. The van der Waals surface area contributed by atoms with Crippen molar-refractivity contribution in [3.63, 3.8) is 0 Å². The number of nitrogens with zero attached hydrogens (tertiary/aromatic N) is 1. The van der Waals surface area contributed by atoms with Crippen molar-refractivity contribution < 1.29 is 0 Å². The molecule has 0 rings (SSSR count). The van der Waals surface area contributed by atoms with Gasteiger partial charge < -0.3 is 5.32 Å². The first kappa shape index (κ1) is 12.5. The van der Waals surface area contributed by atoms with Crippen LogP contribution in [0.2, 0.25) is 0 Å². The van der Waals surface area contributed by atoms with Gasteiger partial charge >= 0.3 is 0 Å². The highest BCUT2D eigenvalue weighted by molar-refractivity contribution is 5.82. The molecule has 0 aliphatic carbocycles. The highest BCUT2D eigenvalue weighted by Gasteiger charge is 1.95. The summed E-state index contributed by atoms with van der Waals surface area (Å²) in [6, 6.07) is 0. The molecule has 0 spiro atoms. The van der Waals surface area contributed by atoms with E-state index >= 15 is 0 Å². The molecule has 1 N–H and O–H groups in total. The molecular weight excluding hydrogens is 160 g/mol. The van der Waals surface area contributed by atoms with Gasteiger partial charge in [0.2, 0.25) is 0 Å². The van der Waals surface area contributed by atoms with Crippen LogP contribution in [-0.2, 0) is 0 Å². The molecule has 0 bridgehead atoms. The third-order valence-electron chi connectivity index (χ3n) is 1.87. The van der Waals surface area contributed by atoms with Crippen molar-refractivity contribution in [2.24, 2.45) is 4.99 Å². The van der Waals surface area contributed by atoms with Crippen LogP contribution in [0, 0.1) is 0 Å². The first-order valence-electron chi connectivity index (χ1n) is 5.62. The predicted molar refractivity (Wildman–Crippen MR) is 60.4 cm³/mol. The minimum absolute atomic E-state index is 0.967. The Morgan fingerprint density at radius 1 is 1.08 bits per heavy atom. The molecule has 13 heavy (non-hydrogen) atoms. The zero-order valence-electron chi connectivity index (χ0n) is 9.40. The molecular formula is C11H24N2. The second-order valence-corrected chi connectivity index (χ2v) is 3.36. The predicted octanol–water partition coefficient (Wildman–Crippen LogP) is 2.98. The fourth-order valence-electron chi connectivity index (χ4n) is 1.12. The molecule has 2 nitrogen and oxygen atoms in total. The van der Waals surface area contributed by atoms with E-state index in [1.165, 1.54) is 25.1 Å². The summed E-state index contributed by atoms with van der Waals surface area (Å²) in [6.07, 6.45) is 5.92. The zero-order valence-corrected chi connectivity index (χ0v) is 9.40. The fourth-order valence-corrected chi connectivity index (χ4v) is 1.12. The summed E-state index contributed by atoms with van der Waals surface area (Å²) < 4.78 is 0. The summed E-state index contributed by atoms with van der Waals surface area (Å²) in [4.78, 5) is 4.51. The fraction of sp³-hybridized carbons (Fsp3) is 0.909. The average molecular weight is 184 g/mol. The molecule has 0 aliphatic heterocycles. The van der Waals surface area contributed by atoms with Crippen molar-refractivity contribution in [3.05, 3.63) is 0 Å². The lowest BCUT2D eigenvalue weighted by molar-refractivity contribution is 0.737. The van der Waals surface area contributed by atoms with Crippen LogP contribution in [0.15, 0.2) is 4.99 Å². The van der Waals surface area contributed by atoms with Crippen molar-refractivity contribution in [1.82, 2.24) is 5.32 Å². The van der Waals surface area contributed by atoms with Crippen LogP contribution in [0.3, 0.4) is 0 Å². The largest absolute Gasteiger partial charge is 0.374 e. The molecule has 0 aliphatic rings. The Morgan fingerprint density at radius 3 is 2.38 bits per heavy atom. The molecule has 0 fully saturated rings. The maximum absolute atomic E-state index is 4.51. The number of amidine groups is 1. The summed E-state index contributed by atoms with van der Waals surface area (Å²) in [6.45, 7) is 8.62. The first-order valence-corrected chi connectivity index (χ1v) is 5.62. The van der Waals surface area contributed by atoms with Gasteiger partial charge in [-0.15, -0.1) is 0 Å². The van der Waals surface area contributed by atoms with E-state index in [-0.39, 0.29) is 0 Å². The number of unbranched alkanes of at least 4 members (excludes halogenated alkanes) is 1. The molecule has 0 atom stereocenters. The number of nitrogens with one attached hydrogen (secondary N) is 1. The Hall–Kier alpha value is -0.530. The third-order valence-corrected chi connectivity index (χ3v) is 1.87. The van der Waals surface area contributed by atoms with Crippen LogP contribution in [0.4, 0.5) is 0 Å². The van der Waals surface area contributed by atoms with Gasteiger partial charge in [0.25, 0.3) is 0 Å². The van der Waals surface area contributed by atoms with E-state index in [0.717, 1.165) is 25.9 Å². The minimum Gasteiger partial charge on any atom is -0.374 e. The van der Waals surface area contributed by atoms with Crippen molar-refractivity contribution in [1.29, 1.82) is 0 Å². The SMILES string of the molecule is CCCCNC(CCC)=NCCC. The molecule has 0 aromatic heterocycles. The summed E-state index contributed by atoms with van der Waals surface area (Å²) >= 11 is 0. The standard InChI is InChI=1S/C11H24N2/c1-4-7-10-13-11(8-5-2)12-9-6-3/h4-10H2,1-3H3,(H,12,13). The summed E-state index contributed by atoms with van der Waals surface area (Å²) in [5, 5.41) is 3.41. The van der Waals surface area contributed by atoms with E-state index < -0.39 is 0 Å². The Labute approximate surface area is 82.8 Å². The number of aliphatic imine (C=N–C) groups is 1. The molecule has 2 heteroatoms. The van der Waals surface area contributed by atoms with Crippen molar-refractivity contribution in [3.8, 4) is 0 Å². The van der Waals surface area contributed by atoms with E-state index in [1.807, 2.05) is 0 Å². The van der Waals surface area contributed by atoms with Crippen molar-refractivity contribution in [2.75, 3.05) is 13.1 Å². The maximum atomic E-state index is 4.51. The smallest absolute Gasteiger partial charge is 0.0962 e.